The summed E-state index contributed by atoms with van der Waals surface area (Å²) in [5, 5.41) is 1.52. The molecule has 1 aromatic heterocycles. The molecule has 0 radical (unpaired) electrons. The first-order valence-electron chi connectivity index (χ1n) is 10.6. The van der Waals surface area contributed by atoms with E-state index in [4.69, 9.17) is 16.3 Å². The van der Waals surface area contributed by atoms with Crippen molar-refractivity contribution in [3.63, 3.8) is 0 Å². The Morgan fingerprint density at radius 1 is 0.970 bits per heavy atom. The Hall–Kier alpha value is -2.96. The van der Waals surface area contributed by atoms with E-state index in [9.17, 15) is 8.42 Å². The molecular weight excluding hydrogens is 456 g/mol. The van der Waals surface area contributed by atoms with E-state index in [2.05, 4.69) is 31.8 Å². The summed E-state index contributed by atoms with van der Waals surface area (Å²) < 4.78 is 34.1. The first kappa shape index (κ1) is 23.2. The number of aromatic nitrogens is 1. The number of ether oxygens (including phenoxy) is 1. The second-order valence-electron chi connectivity index (χ2n) is 9.02. The van der Waals surface area contributed by atoms with Crippen LogP contribution in [0.3, 0.4) is 0 Å². The molecule has 7 heteroatoms. The highest BCUT2D eigenvalue weighted by Gasteiger charge is 2.26. The summed E-state index contributed by atoms with van der Waals surface area (Å²) in [7, 11) is -2.31. The molecule has 0 bridgehead atoms. The van der Waals surface area contributed by atoms with Crippen molar-refractivity contribution < 1.29 is 13.2 Å². The van der Waals surface area contributed by atoms with Crippen molar-refractivity contribution in [3.8, 4) is 5.75 Å². The minimum atomic E-state index is -3.86. The molecule has 0 amide bonds. The lowest BCUT2D eigenvalue weighted by Crippen LogP contribution is -2.30. The third kappa shape index (κ3) is 4.87. The minimum Gasteiger partial charge on any atom is -0.497 e. The number of rotatable bonds is 6. The highest BCUT2D eigenvalue weighted by Crippen LogP contribution is 2.32. The number of H-pyrrole nitrogens is 1. The van der Waals surface area contributed by atoms with Crippen LogP contribution in [0.1, 0.15) is 32.0 Å². The summed E-state index contributed by atoms with van der Waals surface area (Å²) in [4.78, 5) is 3.63. The molecule has 3 aromatic carbocycles. The maximum absolute atomic E-state index is 13.8. The third-order valence-electron chi connectivity index (χ3n) is 5.56. The van der Waals surface area contributed by atoms with Gasteiger partial charge in [-0.3, -0.25) is 4.31 Å². The van der Waals surface area contributed by atoms with E-state index in [0.717, 1.165) is 22.2 Å². The van der Waals surface area contributed by atoms with Crippen molar-refractivity contribution in [2.75, 3.05) is 11.4 Å². The number of nitrogens with one attached hydrogen (secondary N) is 1. The average Bonchev–Trinajstić information content (AvgIpc) is 3.21. The molecule has 4 aromatic rings. The smallest absolute Gasteiger partial charge is 0.264 e. The normalized spacial score (nSPS) is 12.2. The van der Waals surface area contributed by atoms with Crippen LogP contribution in [0.2, 0.25) is 5.02 Å². The number of nitrogens with zero attached hydrogens (tertiary/aromatic N) is 1. The van der Waals surface area contributed by atoms with Gasteiger partial charge in [-0.1, -0.05) is 44.5 Å². The molecule has 0 aliphatic heterocycles. The first-order chi connectivity index (χ1) is 15.6. The lowest BCUT2D eigenvalue weighted by molar-refractivity contribution is 0.414. The summed E-state index contributed by atoms with van der Waals surface area (Å²) in [6.07, 6.45) is 0. The molecule has 172 valence electrons. The molecular formula is C26H27ClN2O3S. The van der Waals surface area contributed by atoms with E-state index in [1.54, 1.807) is 43.5 Å². The first-order valence-corrected chi connectivity index (χ1v) is 12.4. The Labute approximate surface area is 200 Å². The van der Waals surface area contributed by atoms with E-state index in [1.165, 1.54) is 4.31 Å². The van der Waals surface area contributed by atoms with Crippen molar-refractivity contribution in [3.05, 3.63) is 89.1 Å². The number of aromatic amines is 1. The third-order valence-corrected chi connectivity index (χ3v) is 7.59. The van der Waals surface area contributed by atoms with Crippen LogP contribution in [0, 0.1) is 0 Å². The summed E-state index contributed by atoms with van der Waals surface area (Å²) >= 11 is 6.18. The zero-order valence-electron chi connectivity index (χ0n) is 19.1. The van der Waals surface area contributed by atoms with Gasteiger partial charge in [0.2, 0.25) is 0 Å². The van der Waals surface area contributed by atoms with Crippen LogP contribution in [0.15, 0.2) is 77.7 Å². The standard InChI is InChI=1S/C26H27ClN2O3S/c1-26(2,3)25-16-19-15-21(8-13-24(19)28-25)29(17-18-6-5-7-20(27)14-18)33(30,31)23-11-9-22(32-4)10-12-23/h5-16,28H,17H2,1-4H3. The van der Waals surface area contributed by atoms with Gasteiger partial charge in [0.25, 0.3) is 10.0 Å². The summed E-state index contributed by atoms with van der Waals surface area (Å²) in [5.41, 5.74) is 3.39. The van der Waals surface area contributed by atoms with Gasteiger partial charge in [0, 0.05) is 27.0 Å². The van der Waals surface area contributed by atoms with Gasteiger partial charge in [-0.05, 0) is 66.2 Å². The summed E-state index contributed by atoms with van der Waals surface area (Å²) in [6.45, 7) is 6.56. The molecule has 1 N–H and O–H groups in total. The molecule has 4 rings (SSSR count). The maximum Gasteiger partial charge on any atom is 0.264 e. The zero-order chi connectivity index (χ0) is 23.8. The van der Waals surface area contributed by atoms with Crippen LogP contribution in [0.5, 0.6) is 5.75 Å². The number of halogens is 1. The number of benzene rings is 3. The lowest BCUT2D eigenvalue weighted by atomic mass is 9.92. The van der Waals surface area contributed by atoms with Crippen LogP contribution in [-0.4, -0.2) is 20.5 Å². The number of sulfonamides is 1. The fourth-order valence-electron chi connectivity index (χ4n) is 3.67. The van der Waals surface area contributed by atoms with Crippen molar-refractivity contribution in [1.82, 2.24) is 4.98 Å². The molecule has 0 atom stereocenters. The molecule has 0 spiro atoms. The molecule has 33 heavy (non-hydrogen) atoms. The van der Waals surface area contributed by atoms with Crippen LogP contribution in [0.4, 0.5) is 5.69 Å². The molecule has 0 fully saturated rings. The predicted octanol–water partition coefficient (Wildman–Crippen LogP) is 6.52. The van der Waals surface area contributed by atoms with Gasteiger partial charge < -0.3 is 9.72 Å². The molecule has 0 aliphatic carbocycles. The fourth-order valence-corrected chi connectivity index (χ4v) is 5.33. The maximum atomic E-state index is 13.8. The Morgan fingerprint density at radius 2 is 1.70 bits per heavy atom. The Morgan fingerprint density at radius 3 is 2.33 bits per heavy atom. The Kier molecular flexibility index (Phi) is 6.16. The number of fused-ring (bicyclic) bond motifs is 1. The van der Waals surface area contributed by atoms with E-state index in [-0.39, 0.29) is 16.9 Å². The molecule has 0 aliphatic rings. The second kappa shape index (κ2) is 8.76. The molecule has 0 saturated carbocycles. The largest absolute Gasteiger partial charge is 0.497 e. The quantitative estimate of drug-likeness (QED) is 0.340. The second-order valence-corrected chi connectivity index (χ2v) is 11.3. The monoisotopic (exact) mass is 482 g/mol. The Bertz CT molecular complexity index is 1390. The predicted molar refractivity (Wildman–Crippen MR) is 135 cm³/mol. The van der Waals surface area contributed by atoms with Gasteiger partial charge in [-0.25, -0.2) is 8.42 Å². The van der Waals surface area contributed by atoms with Gasteiger partial charge in [0.1, 0.15) is 5.75 Å². The van der Waals surface area contributed by atoms with Gasteiger partial charge in [0.15, 0.2) is 0 Å². The van der Waals surface area contributed by atoms with Crippen molar-refractivity contribution in [1.29, 1.82) is 0 Å². The number of hydrogen-bond acceptors (Lipinski definition) is 3. The molecule has 5 nitrogen and oxygen atoms in total. The van der Waals surface area contributed by atoms with E-state index in [1.807, 2.05) is 30.3 Å². The lowest BCUT2D eigenvalue weighted by Gasteiger charge is -2.25. The Balaban J connectivity index is 1.82. The molecule has 0 saturated heterocycles. The van der Waals surface area contributed by atoms with E-state index < -0.39 is 10.0 Å². The highest BCUT2D eigenvalue weighted by atomic mass is 35.5. The summed E-state index contributed by atoms with van der Waals surface area (Å²) in [6, 6.07) is 21.4. The van der Waals surface area contributed by atoms with Gasteiger partial charge >= 0.3 is 0 Å². The molecule has 1 heterocycles. The highest BCUT2D eigenvalue weighted by molar-refractivity contribution is 7.92. The van der Waals surface area contributed by atoms with Crippen LogP contribution >= 0.6 is 11.6 Å². The van der Waals surface area contributed by atoms with Crippen LogP contribution in [-0.2, 0) is 22.0 Å². The van der Waals surface area contributed by atoms with Gasteiger partial charge in [-0.2, -0.15) is 0 Å². The van der Waals surface area contributed by atoms with Crippen molar-refractivity contribution >= 4 is 38.2 Å². The fraction of sp³-hybridized carbons (Fsp3) is 0.231. The van der Waals surface area contributed by atoms with Crippen LogP contribution < -0.4 is 9.04 Å². The van der Waals surface area contributed by atoms with Crippen molar-refractivity contribution in [2.24, 2.45) is 0 Å². The van der Waals surface area contributed by atoms with Crippen molar-refractivity contribution in [2.45, 2.75) is 37.6 Å². The molecule has 0 unspecified atom stereocenters. The zero-order valence-corrected chi connectivity index (χ0v) is 20.7. The topological polar surface area (TPSA) is 62.4 Å². The van der Waals surface area contributed by atoms with Gasteiger partial charge in [-0.15, -0.1) is 0 Å². The minimum absolute atomic E-state index is 0.0468. The SMILES string of the molecule is COc1ccc(S(=O)(=O)N(Cc2cccc(Cl)c2)c2ccc3[nH]c(C(C)(C)C)cc3c2)cc1. The van der Waals surface area contributed by atoms with Crippen LogP contribution in [0.25, 0.3) is 10.9 Å². The summed E-state index contributed by atoms with van der Waals surface area (Å²) in [5.74, 6) is 0.596. The van der Waals surface area contributed by atoms with E-state index >= 15 is 0 Å². The van der Waals surface area contributed by atoms with Gasteiger partial charge in [0.05, 0.1) is 24.2 Å². The number of methoxy groups -OCH3 is 1. The number of anilines is 1. The number of hydrogen-bond donors (Lipinski definition) is 1. The van der Waals surface area contributed by atoms with E-state index in [0.29, 0.717) is 16.5 Å². The average molecular weight is 483 g/mol.